The van der Waals surface area contributed by atoms with Crippen LogP contribution >= 0.6 is 0 Å². The fourth-order valence-corrected chi connectivity index (χ4v) is 14.0. The lowest BCUT2D eigenvalue weighted by Crippen LogP contribution is -2.59. The van der Waals surface area contributed by atoms with Crippen molar-refractivity contribution in [2.45, 2.75) is 375 Å². The summed E-state index contributed by atoms with van der Waals surface area (Å²) in [6.07, 6.45) is 46.9. The zero-order chi connectivity index (χ0) is 59.2. The Morgan fingerprint density at radius 2 is 0.704 bits per heavy atom. The minimum atomic E-state index is -2.21. The number of rotatable bonds is 55. The van der Waals surface area contributed by atoms with E-state index in [1.807, 2.05) is 0 Å². The van der Waals surface area contributed by atoms with Crippen molar-refractivity contribution in [2.75, 3.05) is 33.0 Å². The van der Waals surface area contributed by atoms with Crippen molar-refractivity contribution in [1.29, 1.82) is 0 Å². The number of unbranched alkanes of at least 4 members (excludes halogenated alkanes) is 30. The normalized spacial score (nSPS) is 15.1. The molecule has 11 nitrogen and oxygen atoms in total. The predicted molar refractivity (Wildman–Crippen MR) is 342 cm³/mol. The fraction of sp³-hybridized carbons (Fsp3) is 0.942. The number of ether oxygens (including phenoxy) is 5. The number of carbonyl (C=O) groups is 4. The Bertz CT molecular complexity index is 1450. The van der Waals surface area contributed by atoms with E-state index in [9.17, 15) is 19.2 Å². The van der Waals surface area contributed by atoms with Gasteiger partial charge in [-0.3, -0.25) is 19.2 Å². The molecule has 1 fully saturated rings. The van der Waals surface area contributed by atoms with Crippen LogP contribution in [0.2, 0.25) is 19.6 Å². The van der Waals surface area contributed by atoms with E-state index >= 15 is 0 Å². The minimum Gasteiger partial charge on any atom is -0.465 e. The van der Waals surface area contributed by atoms with Gasteiger partial charge in [-0.2, -0.15) is 0 Å². The monoisotopic (exact) mass is 1170 g/mol. The molecule has 1 atom stereocenters. The third-order valence-electron chi connectivity index (χ3n) is 16.3. The van der Waals surface area contributed by atoms with E-state index in [1.54, 1.807) is 13.8 Å². The first-order valence-corrected chi connectivity index (χ1v) is 37.5. The second kappa shape index (κ2) is 49.1. The van der Waals surface area contributed by atoms with Gasteiger partial charge >= 0.3 is 23.9 Å². The highest BCUT2D eigenvalue weighted by Gasteiger charge is 2.40. The topological polar surface area (TPSA) is 136 Å². The highest BCUT2D eigenvalue weighted by Crippen LogP contribution is 2.37. The molecule has 1 saturated heterocycles. The van der Waals surface area contributed by atoms with Gasteiger partial charge in [-0.05, 0) is 138 Å². The van der Waals surface area contributed by atoms with Crippen molar-refractivity contribution in [1.82, 2.24) is 5.32 Å². The van der Waals surface area contributed by atoms with Crippen molar-refractivity contribution >= 4 is 32.2 Å². The number of nitrogens with one attached hydrogen (secondary N) is 1. The molecule has 0 saturated carbocycles. The molecule has 0 spiro atoms. The molecule has 1 heterocycles. The molecule has 1 aliphatic rings. The van der Waals surface area contributed by atoms with Gasteiger partial charge in [0.15, 0.2) is 20.2 Å². The van der Waals surface area contributed by atoms with E-state index in [0.717, 1.165) is 57.8 Å². The largest absolute Gasteiger partial charge is 0.465 e. The zero-order valence-electron chi connectivity index (χ0n) is 54.5. The Labute approximate surface area is 502 Å². The maximum absolute atomic E-state index is 14.0. The average molecular weight is 1170 g/mol. The van der Waals surface area contributed by atoms with Crippen LogP contribution in [0.15, 0.2) is 0 Å². The van der Waals surface area contributed by atoms with Crippen LogP contribution in [0, 0.1) is 11.8 Å². The van der Waals surface area contributed by atoms with E-state index < -0.39 is 49.6 Å². The van der Waals surface area contributed by atoms with Crippen molar-refractivity contribution in [3.8, 4) is 0 Å². The van der Waals surface area contributed by atoms with Crippen LogP contribution in [0.4, 0.5) is 0 Å². The van der Waals surface area contributed by atoms with Crippen molar-refractivity contribution in [2.24, 2.45) is 11.8 Å². The van der Waals surface area contributed by atoms with Crippen LogP contribution in [-0.4, -0.2) is 88.0 Å². The SMILES string of the molecule is C.CCCCCCCCCCCCCCCCCCOC(=O)C(CCCC(CCCOC1CC(C)(C)NC(C)(C)C1)(CCCC(C(=O)OCC)C(=O)OCC)O[Si](C)(C)C)C(=O)OCCCCCCCCCCCCCCCCCC. The highest BCUT2D eigenvalue weighted by molar-refractivity contribution is 6.69. The summed E-state index contributed by atoms with van der Waals surface area (Å²) in [4.78, 5) is 54.1. The van der Waals surface area contributed by atoms with Gasteiger partial charge in [0.05, 0.1) is 38.1 Å². The molecule has 0 aromatic carbocycles. The smallest absolute Gasteiger partial charge is 0.320 e. The van der Waals surface area contributed by atoms with Crippen LogP contribution in [0.25, 0.3) is 0 Å². The van der Waals surface area contributed by atoms with E-state index in [0.29, 0.717) is 51.9 Å². The lowest BCUT2D eigenvalue weighted by Gasteiger charge is -2.46. The van der Waals surface area contributed by atoms with Crippen LogP contribution in [0.1, 0.15) is 332 Å². The number of esters is 4. The van der Waals surface area contributed by atoms with Crippen LogP contribution in [0.3, 0.4) is 0 Å². The van der Waals surface area contributed by atoms with E-state index in [1.165, 1.54) is 167 Å². The Hall–Kier alpha value is -2.02. The van der Waals surface area contributed by atoms with Gasteiger partial charge < -0.3 is 33.4 Å². The van der Waals surface area contributed by atoms with Crippen molar-refractivity contribution < 1.29 is 47.3 Å². The number of hydrogen-bond donors (Lipinski definition) is 1. The molecule has 0 aliphatic carbocycles. The molecule has 0 radical (unpaired) electrons. The van der Waals surface area contributed by atoms with Crippen molar-refractivity contribution in [3.63, 3.8) is 0 Å². The first kappa shape index (κ1) is 79.0. The molecular formula is C69H135NO10Si. The Morgan fingerprint density at radius 3 is 1.00 bits per heavy atom. The minimum absolute atomic E-state index is 0. The lowest BCUT2D eigenvalue weighted by molar-refractivity contribution is -0.164. The summed E-state index contributed by atoms with van der Waals surface area (Å²) in [5.41, 5.74) is -0.725. The average Bonchev–Trinajstić information content (AvgIpc) is 3.38. The maximum Gasteiger partial charge on any atom is 0.320 e. The zero-order valence-corrected chi connectivity index (χ0v) is 55.5. The second-order valence-corrected chi connectivity index (χ2v) is 31.1. The van der Waals surface area contributed by atoms with Crippen LogP contribution in [0.5, 0.6) is 0 Å². The quantitative estimate of drug-likeness (QED) is 0.0205. The fourth-order valence-electron chi connectivity index (χ4n) is 12.4. The van der Waals surface area contributed by atoms with Gasteiger partial charge in [0.25, 0.3) is 0 Å². The molecule has 12 heteroatoms. The van der Waals surface area contributed by atoms with Gasteiger partial charge in [0, 0.05) is 17.7 Å². The molecule has 1 unspecified atom stereocenters. The summed E-state index contributed by atoms with van der Waals surface area (Å²) in [5.74, 6) is -4.16. The molecule has 480 valence electrons. The molecule has 0 aromatic rings. The molecular weight excluding hydrogens is 1030 g/mol. The Balaban J connectivity index is 0.0000640. The van der Waals surface area contributed by atoms with E-state index in [-0.39, 0.29) is 50.7 Å². The molecule has 1 aliphatic heterocycles. The van der Waals surface area contributed by atoms with Gasteiger partial charge in [-0.1, -0.05) is 214 Å². The molecule has 81 heavy (non-hydrogen) atoms. The van der Waals surface area contributed by atoms with Gasteiger partial charge in [-0.25, -0.2) is 0 Å². The molecule has 0 aromatic heterocycles. The molecule has 0 amide bonds. The number of hydrogen-bond acceptors (Lipinski definition) is 11. The summed E-state index contributed by atoms with van der Waals surface area (Å²) in [5, 5.41) is 3.76. The Morgan fingerprint density at radius 1 is 0.420 bits per heavy atom. The third-order valence-corrected chi connectivity index (χ3v) is 17.3. The van der Waals surface area contributed by atoms with Crippen molar-refractivity contribution in [3.05, 3.63) is 0 Å². The number of carbonyl (C=O) groups excluding carboxylic acids is 4. The second-order valence-electron chi connectivity index (χ2n) is 26.6. The van der Waals surface area contributed by atoms with Gasteiger partial charge in [-0.15, -0.1) is 0 Å². The molecule has 1 rings (SSSR count). The Kier molecular flexibility index (Phi) is 47.9. The van der Waals surface area contributed by atoms with Crippen LogP contribution < -0.4 is 5.32 Å². The highest BCUT2D eigenvalue weighted by atomic mass is 28.4. The van der Waals surface area contributed by atoms with Gasteiger partial charge in [0.1, 0.15) is 0 Å². The lowest BCUT2D eigenvalue weighted by atomic mass is 9.81. The molecule has 0 bridgehead atoms. The van der Waals surface area contributed by atoms with Gasteiger partial charge in [0.2, 0.25) is 0 Å². The third kappa shape index (κ3) is 43.3. The summed E-state index contributed by atoms with van der Waals surface area (Å²) >= 11 is 0. The predicted octanol–water partition coefficient (Wildman–Crippen LogP) is 19.6. The summed E-state index contributed by atoms with van der Waals surface area (Å²) in [6, 6.07) is 0. The molecule has 1 N–H and O–H groups in total. The van der Waals surface area contributed by atoms with E-state index in [4.69, 9.17) is 28.1 Å². The summed E-state index contributed by atoms with van der Waals surface area (Å²) in [7, 11) is -2.21. The maximum atomic E-state index is 14.0. The number of piperidine rings is 1. The first-order valence-electron chi connectivity index (χ1n) is 34.1. The first-order chi connectivity index (χ1) is 38.3. The van der Waals surface area contributed by atoms with Crippen LogP contribution in [-0.2, 0) is 47.3 Å². The summed E-state index contributed by atoms with van der Waals surface area (Å²) < 4.78 is 36.4. The standard InChI is InChI=1S/C68H131NO10Si.CH4/c1-12-16-18-20-22-24-26-28-30-32-34-36-38-40-42-44-54-77-64(72)61(65(73)78-55-45-43-41-39-37-35-33-31-29-27-25-23-21-19-17-13-2)50-47-52-68(79-80(9,10)11,51-46-49-60(62(70)74-14-3)63(71)75-15-4)53-48-56-76-59-57-66(5,6)69-67(7,8)58-59;/h59-61,69H,12-58H2,1-11H3;1H4. The summed E-state index contributed by atoms with van der Waals surface area (Å²) in [6.45, 7) is 25.1. The van der Waals surface area contributed by atoms with E-state index in [2.05, 4.69) is 66.5 Å².